The molecule has 0 aliphatic heterocycles. The maximum atomic E-state index is 12.4. The SMILES string of the molecule is C=C/C=C(\C=C)C(=N)C(=O)c1ccc(-c2ccc([N+](=O)[O-])cc2[N+](=O)[O-])cc1.CC.CCCCC(=O)O. The molecule has 0 amide bonds. The minimum Gasteiger partial charge on any atom is -0.481 e. The third-order valence-electron chi connectivity index (χ3n) is 4.62. The number of carbonyl (C=O) groups is 2. The predicted molar refractivity (Wildman–Crippen MR) is 144 cm³/mol. The van der Waals surface area contributed by atoms with Crippen LogP contribution >= 0.6 is 0 Å². The first-order valence-electron chi connectivity index (χ1n) is 11.4. The van der Waals surface area contributed by atoms with Crippen LogP contribution in [0.5, 0.6) is 0 Å². The zero-order valence-electron chi connectivity index (χ0n) is 21.1. The molecule has 0 bridgehead atoms. The lowest BCUT2D eigenvalue weighted by Gasteiger charge is -2.07. The molecule has 0 saturated heterocycles. The van der Waals surface area contributed by atoms with Gasteiger partial charge in [0, 0.05) is 23.6 Å². The number of ketones is 1. The number of hydrogen-bond acceptors (Lipinski definition) is 7. The van der Waals surface area contributed by atoms with Gasteiger partial charge in [-0.3, -0.25) is 35.2 Å². The van der Waals surface area contributed by atoms with Crippen molar-refractivity contribution in [3.63, 3.8) is 0 Å². The van der Waals surface area contributed by atoms with Crippen molar-refractivity contribution in [3.05, 3.63) is 105 Å². The van der Waals surface area contributed by atoms with E-state index in [1.165, 1.54) is 54.6 Å². The Labute approximate surface area is 215 Å². The van der Waals surface area contributed by atoms with E-state index in [0.717, 1.165) is 18.9 Å². The summed E-state index contributed by atoms with van der Waals surface area (Å²) in [6.07, 6.45) is 6.38. The number of Topliss-reactive ketones (excluding diaryl/α,β-unsaturated/α-hetero) is 1. The van der Waals surface area contributed by atoms with Crippen molar-refractivity contribution >= 4 is 28.8 Å². The summed E-state index contributed by atoms with van der Waals surface area (Å²) in [5.74, 6) is -1.24. The van der Waals surface area contributed by atoms with Gasteiger partial charge in [-0.25, -0.2) is 0 Å². The van der Waals surface area contributed by atoms with Crippen molar-refractivity contribution in [3.8, 4) is 11.1 Å². The molecule has 0 fully saturated rings. The summed E-state index contributed by atoms with van der Waals surface area (Å²) in [6.45, 7) is 13.0. The number of rotatable bonds is 11. The maximum Gasteiger partial charge on any atom is 0.303 e. The molecule has 2 aromatic rings. The maximum absolute atomic E-state index is 12.4. The van der Waals surface area contributed by atoms with E-state index in [-0.39, 0.29) is 22.5 Å². The summed E-state index contributed by atoms with van der Waals surface area (Å²) in [6, 6.07) is 9.20. The highest BCUT2D eigenvalue weighted by molar-refractivity contribution is 6.50. The van der Waals surface area contributed by atoms with Crippen LogP contribution in [0.4, 0.5) is 11.4 Å². The molecule has 10 nitrogen and oxygen atoms in total. The lowest BCUT2D eigenvalue weighted by atomic mass is 9.97. The second-order valence-corrected chi connectivity index (χ2v) is 7.06. The molecule has 0 heterocycles. The summed E-state index contributed by atoms with van der Waals surface area (Å²) in [5.41, 5.74) is 0.0676. The quantitative estimate of drug-likeness (QED) is 0.109. The fraction of sp³-hybridized carbons (Fsp3) is 0.222. The Hall–Kier alpha value is -4.73. The number of hydrogen-bond donors (Lipinski definition) is 2. The number of benzene rings is 2. The number of carboxylic acids is 1. The van der Waals surface area contributed by atoms with Crippen LogP contribution in [0.3, 0.4) is 0 Å². The van der Waals surface area contributed by atoms with Gasteiger partial charge in [0.15, 0.2) is 0 Å². The minimum atomic E-state index is -0.710. The molecule has 2 aromatic carbocycles. The van der Waals surface area contributed by atoms with Crippen LogP contribution in [0.25, 0.3) is 11.1 Å². The van der Waals surface area contributed by atoms with E-state index < -0.39 is 27.3 Å². The normalized spacial score (nSPS) is 9.97. The lowest BCUT2D eigenvalue weighted by Crippen LogP contribution is -2.14. The lowest BCUT2D eigenvalue weighted by molar-refractivity contribution is -0.393. The second kappa shape index (κ2) is 16.8. The Morgan fingerprint density at radius 2 is 1.62 bits per heavy atom. The van der Waals surface area contributed by atoms with Crippen molar-refractivity contribution in [2.24, 2.45) is 0 Å². The van der Waals surface area contributed by atoms with Crippen LogP contribution < -0.4 is 0 Å². The van der Waals surface area contributed by atoms with Crippen molar-refractivity contribution in [2.45, 2.75) is 40.0 Å². The van der Waals surface area contributed by atoms with Crippen LogP contribution in [0.2, 0.25) is 0 Å². The van der Waals surface area contributed by atoms with E-state index in [9.17, 15) is 29.8 Å². The zero-order chi connectivity index (χ0) is 28.5. The number of carbonyl (C=O) groups excluding carboxylic acids is 1. The molecule has 2 N–H and O–H groups in total. The van der Waals surface area contributed by atoms with E-state index in [1.54, 1.807) is 0 Å². The number of aliphatic carboxylic acids is 1. The minimum absolute atomic E-state index is 0.183. The molecule has 2 rings (SSSR count). The molecule has 0 saturated carbocycles. The standard InChI is InChI=1S/C20H15N3O5.C5H10O2.C2H6/c1-3-5-13(4-2)19(21)20(24)15-8-6-14(7-9-15)17-11-10-16(22(25)26)12-18(17)23(27)28;1-2-3-4-5(6)7;1-2/h3-12,21H,1-2H2;2-4H2,1H3,(H,6,7);1-2H3/b13-5+,21-19?;;. The number of nitrogens with one attached hydrogen (secondary N) is 1. The zero-order valence-corrected chi connectivity index (χ0v) is 21.1. The van der Waals surface area contributed by atoms with Crippen molar-refractivity contribution in [2.75, 3.05) is 0 Å². The first-order chi connectivity index (χ1) is 17.6. The van der Waals surface area contributed by atoms with E-state index in [1.807, 2.05) is 20.8 Å². The Kier molecular flexibility index (Phi) is 14.7. The highest BCUT2D eigenvalue weighted by Gasteiger charge is 2.21. The summed E-state index contributed by atoms with van der Waals surface area (Å²) in [4.78, 5) is 42.9. The predicted octanol–water partition coefficient (Wildman–Crippen LogP) is 6.96. The Bertz CT molecular complexity index is 1180. The molecule has 0 radical (unpaired) electrons. The van der Waals surface area contributed by atoms with Crippen LogP contribution in [0, 0.1) is 25.6 Å². The van der Waals surface area contributed by atoms with Gasteiger partial charge in [-0.2, -0.15) is 0 Å². The van der Waals surface area contributed by atoms with Gasteiger partial charge in [0.25, 0.3) is 11.4 Å². The van der Waals surface area contributed by atoms with Crippen molar-refractivity contribution in [1.82, 2.24) is 0 Å². The Morgan fingerprint density at radius 3 is 2.03 bits per heavy atom. The van der Waals surface area contributed by atoms with E-state index in [2.05, 4.69) is 13.2 Å². The average molecular weight is 510 g/mol. The first kappa shape index (κ1) is 32.3. The van der Waals surface area contributed by atoms with Crippen LogP contribution in [-0.2, 0) is 4.79 Å². The van der Waals surface area contributed by atoms with E-state index in [0.29, 0.717) is 17.6 Å². The number of allylic oxidation sites excluding steroid dienone is 4. The molecular weight excluding hydrogens is 478 g/mol. The fourth-order valence-corrected chi connectivity index (χ4v) is 2.81. The molecule has 0 aromatic heterocycles. The van der Waals surface area contributed by atoms with E-state index >= 15 is 0 Å². The third kappa shape index (κ3) is 10.2. The van der Waals surface area contributed by atoms with Crippen molar-refractivity contribution < 1.29 is 24.5 Å². The number of nitrogens with zero attached hydrogens (tertiary/aromatic N) is 2. The van der Waals surface area contributed by atoms with Gasteiger partial charge < -0.3 is 5.11 Å². The van der Waals surface area contributed by atoms with Crippen LogP contribution in [0.1, 0.15) is 50.4 Å². The van der Waals surface area contributed by atoms with Crippen LogP contribution in [-0.4, -0.2) is 32.4 Å². The summed E-state index contributed by atoms with van der Waals surface area (Å²) in [5, 5.41) is 38.1. The third-order valence-corrected chi connectivity index (χ3v) is 4.62. The molecule has 0 unspecified atom stereocenters. The van der Waals surface area contributed by atoms with Gasteiger partial charge in [-0.05, 0) is 18.1 Å². The number of nitro benzene ring substituents is 2. The first-order valence-corrected chi connectivity index (χ1v) is 11.4. The monoisotopic (exact) mass is 509 g/mol. The van der Waals surface area contributed by atoms with Crippen LogP contribution in [0.15, 0.2) is 79.4 Å². The molecule has 10 heteroatoms. The van der Waals surface area contributed by atoms with Gasteiger partial charge in [0.05, 0.1) is 21.5 Å². The van der Waals surface area contributed by atoms with Gasteiger partial charge in [0.2, 0.25) is 5.78 Å². The van der Waals surface area contributed by atoms with Gasteiger partial charge >= 0.3 is 5.97 Å². The fourth-order valence-electron chi connectivity index (χ4n) is 2.81. The number of carboxylic acid groups (broad SMARTS) is 1. The molecular formula is C27H31N3O7. The molecule has 0 aliphatic carbocycles. The second-order valence-electron chi connectivity index (χ2n) is 7.06. The summed E-state index contributed by atoms with van der Waals surface area (Å²) in [7, 11) is 0. The van der Waals surface area contributed by atoms with Crippen molar-refractivity contribution in [1.29, 1.82) is 5.41 Å². The average Bonchev–Trinajstić information content (AvgIpc) is 2.90. The molecule has 0 spiro atoms. The largest absolute Gasteiger partial charge is 0.481 e. The highest BCUT2D eigenvalue weighted by atomic mass is 16.6. The van der Waals surface area contributed by atoms with Gasteiger partial charge in [-0.1, -0.05) is 82.8 Å². The Balaban J connectivity index is 0.00000124. The topological polar surface area (TPSA) is 164 Å². The van der Waals surface area contributed by atoms with Gasteiger partial charge in [-0.15, -0.1) is 0 Å². The molecule has 0 aliphatic rings. The Morgan fingerprint density at radius 1 is 1.03 bits per heavy atom. The molecule has 196 valence electrons. The number of nitro groups is 2. The smallest absolute Gasteiger partial charge is 0.303 e. The highest BCUT2D eigenvalue weighted by Crippen LogP contribution is 2.33. The molecule has 37 heavy (non-hydrogen) atoms. The van der Waals surface area contributed by atoms with E-state index in [4.69, 9.17) is 10.5 Å². The number of unbranched alkanes of at least 4 members (excludes halogenated alkanes) is 1. The van der Waals surface area contributed by atoms with Gasteiger partial charge in [0.1, 0.15) is 5.71 Å². The molecule has 0 atom stereocenters. The number of non-ortho nitro benzene ring substituents is 1. The summed E-state index contributed by atoms with van der Waals surface area (Å²) >= 11 is 0. The summed E-state index contributed by atoms with van der Waals surface area (Å²) < 4.78 is 0.